The first-order chi connectivity index (χ1) is 9.87. The summed E-state index contributed by atoms with van der Waals surface area (Å²) >= 11 is 6.56. The fourth-order valence-electron chi connectivity index (χ4n) is 1.41. The van der Waals surface area contributed by atoms with Crippen LogP contribution in [0.5, 0.6) is 0 Å². The van der Waals surface area contributed by atoms with Crippen molar-refractivity contribution in [3.8, 4) is 0 Å². The minimum Gasteiger partial charge on any atom is -0.325 e. The first-order valence-corrected chi connectivity index (χ1v) is 8.35. The van der Waals surface area contributed by atoms with Gasteiger partial charge in [-0.05, 0) is 36.4 Å². The van der Waals surface area contributed by atoms with E-state index < -0.39 is 28.3 Å². The molecule has 0 saturated carbocycles. The number of amides is 1. The van der Waals surface area contributed by atoms with E-state index in [0.29, 0.717) is 10.0 Å². The van der Waals surface area contributed by atoms with Crippen molar-refractivity contribution in [2.24, 2.45) is 0 Å². The quantitative estimate of drug-likeness (QED) is 0.871. The van der Waals surface area contributed by atoms with Gasteiger partial charge in [0.15, 0.2) is 0 Å². The van der Waals surface area contributed by atoms with Gasteiger partial charge in [-0.15, -0.1) is 11.3 Å². The van der Waals surface area contributed by atoms with Gasteiger partial charge in [0.1, 0.15) is 10.0 Å². The fraction of sp³-hybridized carbons (Fsp3) is 0.0833. The molecular weight excluding hydrogens is 339 g/mol. The molecular formula is C12H10ClFN2O3S2. The summed E-state index contributed by atoms with van der Waals surface area (Å²) in [6, 6.07) is 7.94. The van der Waals surface area contributed by atoms with Crippen LogP contribution in [0.15, 0.2) is 40.6 Å². The Morgan fingerprint density at radius 2 is 1.86 bits per heavy atom. The monoisotopic (exact) mass is 348 g/mol. The number of nitrogens with one attached hydrogen (secondary N) is 2. The van der Waals surface area contributed by atoms with Gasteiger partial charge in [0, 0.05) is 5.69 Å². The highest BCUT2D eigenvalue weighted by atomic mass is 35.5. The Bertz CT molecular complexity index is 744. The molecule has 1 aromatic carbocycles. The van der Waals surface area contributed by atoms with Crippen LogP contribution in [-0.4, -0.2) is 20.9 Å². The van der Waals surface area contributed by atoms with Crippen LogP contribution in [0.3, 0.4) is 0 Å². The molecule has 0 saturated heterocycles. The van der Waals surface area contributed by atoms with Crippen LogP contribution in [0.2, 0.25) is 4.34 Å². The zero-order chi connectivity index (χ0) is 15.5. The molecule has 1 amide bonds. The Labute approximate surface area is 129 Å². The molecule has 0 unspecified atom stereocenters. The SMILES string of the molecule is O=C(CNS(=O)(=O)c1ccc(Cl)s1)Nc1ccc(F)cc1. The number of benzene rings is 1. The maximum atomic E-state index is 12.7. The molecule has 1 aromatic heterocycles. The molecule has 0 atom stereocenters. The molecule has 0 aliphatic carbocycles. The fourth-order valence-corrected chi connectivity index (χ4v) is 3.92. The minimum absolute atomic E-state index is 0.0297. The Balaban J connectivity index is 1.93. The number of hydrogen-bond donors (Lipinski definition) is 2. The number of halogens is 2. The van der Waals surface area contributed by atoms with E-state index in [9.17, 15) is 17.6 Å². The van der Waals surface area contributed by atoms with Crippen LogP contribution in [-0.2, 0) is 14.8 Å². The topological polar surface area (TPSA) is 75.3 Å². The Morgan fingerprint density at radius 1 is 1.19 bits per heavy atom. The van der Waals surface area contributed by atoms with E-state index >= 15 is 0 Å². The standard InChI is InChI=1S/C12H10ClFN2O3S2/c13-10-5-6-12(20-10)21(18,19)15-7-11(17)16-9-3-1-8(14)2-4-9/h1-6,15H,7H2,(H,16,17). The van der Waals surface area contributed by atoms with Crippen molar-refractivity contribution in [1.29, 1.82) is 0 Å². The summed E-state index contributed by atoms with van der Waals surface area (Å²) in [6.45, 7) is -0.435. The Hall–Kier alpha value is -1.48. The largest absolute Gasteiger partial charge is 0.325 e. The van der Waals surface area contributed by atoms with Gasteiger partial charge in [0.2, 0.25) is 5.91 Å². The van der Waals surface area contributed by atoms with Crippen LogP contribution in [0.1, 0.15) is 0 Å². The molecule has 0 bridgehead atoms. The predicted molar refractivity (Wildman–Crippen MR) is 79.5 cm³/mol. The summed E-state index contributed by atoms with van der Waals surface area (Å²) < 4.78 is 38.9. The maximum Gasteiger partial charge on any atom is 0.250 e. The number of thiophene rings is 1. The molecule has 0 aliphatic rings. The summed E-state index contributed by atoms with van der Waals surface area (Å²) in [4.78, 5) is 11.6. The highest BCUT2D eigenvalue weighted by Gasteiger charge is 2.17. The molecule has 0 fully saturated rings. The summed E-state index contributed by atoms with van der Waals surface area (Å²) in [6.07, 6.45) is 0. The van der Waals surface area contributed by atoms with E-state index in [1.165, 1.54) is 36.4 Å². The molecule has 0 aliphatic heterocycles. The van der Waals surface area contributed by atoms with Crippen molar-refractivity contribution in [1.82, 2.24) is 4.72 Å². The smallest absolute Gasteiger partial charge is 0.250 e. The number of hydrogen-bond acceptors (Lipinski definition) is 4. The molecule has 5 nitrogen and oxygen atoms in total. The van der Waals surface area contributed by atoms with Crippen LogP contribution < -0.4 is 10.0 Å². The summed E-state index contributed by atoms with van der Waals surface area (Å²) in [5.74, 6) is -0.990. The van der Waals surface area contributed by atoms with Crippen LogP contribution >= 0.6 is 22.9 Å². The van der Waals surface area contributed by atoms with E-state index in [-0.39, 0.29) is 4.21 Å². The van der Waals surface area contributed by atoms with Gasteiger partial charge in [-0.3, -0.25) is 4.79 Å². The Kier molecular flexibility index (Phi) is 4.94. The van der Waals surface area contributed by atoms with Crippen molar-refractivity contribution >= 4 is 44.6 Å². The minimum atomic E-state index is -3.77. The van der Waals surface area contributed by atoms with Crippen molar-refractivity contribution in [3.63, 3.8) is 0 Å². The van der Waals surface area contributed by atoms with Gasteiger partial charge in [-0.1, -0.05) is 11.6 Å². The summed E-state index contributed by atoms with van der Waals surface area (Å²) in [7, 11) is -3.77. The number of sulfonamides is 1. The summed E-state index contributed by atoms with van der Waals surface area (Å²) in [5, 5.41) is 2.44. The van der Waals surface area contributed by atoms with Gasteiger partial charge in [-0.2, -0.15) is 0 Å². The number of carbonyl (C=O) groups is 1. The van der Waals surface area contributed by atoms with Crippen molar-refractivity contribution in [2.45, 2.75) is 4.21 Å². The second kappa shape index (κ2) is 6.52. The van der Waals surface area contributed by atoms with Gasteiger partial charge in [-0.25, -0.2) is 17.5 Å². The third kappa shape index (κ3) is 4.50. The molecule has 21 heavy (non-hydrogen) atoms. The van der Waals surface area contributed by atoms with Gasteiger partial charge in [0.25, 0.3) is 10.0 Å². The molecule has 2 N–H and O–H groups in total. The average molecular weight is 349 g/mol. The van der Waals surface area contributed by atoms with Crippen molar-refractivity contribution < 1.29 is 17.6 Å². The van der Waals surface area contributed by atoms with E-state index in [0.717, 1.165) is 11.3 Å². The zero-order valence-corrected chi connectivity index (χ0v) is 12.9. The maximum absolute atomic E-state index is 12.7. The van der Waals surface area contributed by atoms with Gasteiger partial charge < -0.3 is 5.32 Å². The molecule has 2 aromatic rings. The average Bonchev–Trinajstić information content (AvgIpc) is 2.87. The predicted octanol–water partition coefficient (Wildman–Crippen LogP) is 2.46. The summed E-state index contributed by atoms with van der Waals surface area (Å²) in [5.41, 5.74) is 0.375. The van der Waals surface area contributed by atoms with Crippen LogP contribution in [0, 0.1) is 5.82 Å². The lowest BCUT2D eigenvalue weighted by Gasteiger charge is -2.06. The zero-order valence-electron chi connectivity index (χ0n) is 10.5. The van der Waals surface area contributed by atoms with Crippen LogP contribution in [0.25, 0.3) is 0 Å². The second-order valence-corrected chi connectivity index (χ2v) is 7.65. The van der Waals surface area contributed by atoms with Crippen LogP contribution in [0.4, 0.5) is 10.1 Å². The molecule has 112 valence electrons. The Morgan fingerprint density at radius 3 is 2.43 bits per heavy atom. The lowest BCUT2D eigenvalue weighted by molar-refractivity contribution is -0.115. The van der Waals surface area contributed by atoms with E-state index in [2.05, 4.69) is 10.0 Å². The lowest BCUT2D eigenvalue weighted by atomic mass is 10.3. The molecule has 0 spiro atoms. The van der Waals surface area contributed by atoms with Crippen molar-refractivity contribution in [3.05, 3.63) is 46.6 Å². The van der Waals surface area contributed by atoms with Gasteiger partial charge in [0.05, 0.1) is 10.9 Å². The van der Waals surface area contributed by atoms with Crippen molar-refractivity contribution in [2.75, 3.05) is 11.9 Å². The molecule has 9 heteroatoms. The molecule has 2 rings (SSSR count). The van der Waals surface area contributed by atoms with Gasteiger partial charge >= 0.3 is 0 Å². The lowest BCUT2D eigenvalue weighted by Crippen LogP contribution is -2.32. The highest BCUT2D eigenvalue weighted by Crippen LogP contribution is 2.25. The second-order valence-electron chi connectivity index (χ2n) is 3.94. The first-order valence-electron chi connectivity index (χ1n) is 5.67. The number of carbonyl (C=O) groups excluding carboxylic acids is 1. The van der Waals surface area contributed by atoms with E-state index in [1.54, 1.807) is 0 Å². The molecule has 1 heterocycles. The highest BCUT2D eigenvalue weighted by molar-refractivity contribution is 7.91. The van der Waals surface area contributed by atoms with E-state index in [4.69, 9.17) is 11.6 Å². The molecule has 0 radical (unpaired) electrons. The number of anilines is 1. The number of rotatable bonds is 5. The third-order valence-electron chi connectivity index (χ3n) is 2.36. The first kappa shape index (κ1) is 15.9. The third-order valence-corrected chi connectivity index (χ3v) is 5.49. The van der Waals surface area contributed by atoms with E-state index in [1.807, 2.05) is 0 Å². The normalized spacial score (nSPS) is 11.3.